The van der Waals surface area contributed by atoms with Gasteiger partial charge >= 0.3 is 0 Å². The van der Waals surface area contributed by atoms with Gasteiger partial charge in [0.05, 0.1) is 12.6 Å². The van der Waals surface area contributed by atoms with Crippen LogP contribution in [0.4, 0.5) is 0 Å². The van der Waals surface area contributed by atoms with Gasteiger partial charge in [-0.1, -0.05) is 40.5 Å². The van der Waals surface area contributed by atoms with Crippen LogP contribution in [-0.4, -0.2) is 48.6 Å². The van der Waals surface area contributed by atoms with Crippen molar-refractivity contribution in [1.29, 1.82) is 0 Å². The molecular weight excluding hydrogens is 268 g/mol. The minimum absolute atomic E-state index is 0.0229. The molecule has 1 fully saturated rings. The van der Waals surface area contributed by atoms with Gasteiger partial charge in [0, 0.05) is 7.11 Å². The zero-order valence-electron chi connectivity index (χ0n) is 14.0. The summed E-state index contributed by atoms with van der Waals surface area (Å²) in [6, 6.07) is -0.795. The Morgan fingerprint density at radius 3 is 2.38 bits per heavy atom. The highest BCUT2D eigenvalue weighted by Crippen LogP contribution is 2.24. The third kappa shape index (κ3) is 4.19. The van der Waals surface area contributed by atoms with E-state index in [2.05, 4.69) is 12.2 Å². The standard InChI is InChI=1S/C16H30N2O3/c1-6-8-12(10-21-5)18-14(11(3)4)15(19)17-13(9-7-2)16(18)20/h11-14H,6-10H2,1-5H3,(H,17,19). The molecule has 0 aromatic carbocycles. The number of piperazine rings is 1. The molecule has 0 radical (unpaired) electrons. The lowest BCUT2D eigenvalue weighted by atomic mass is 9.93. The quantitative estimate of drug-likeness (QED) is 0.745. The molecule has 21 heavy (non-hydrogen) atoms. The van der Waals surface area contributed by atoms with Gasteiger partial charge in [-0.3, -0.25) is 9.59 Å². The molecule has 1 saturated heterocycles. The van der Waals surface area contributed by atoms with E-state index in [0.29, 0.717) is 13.0 Å². The van der Waals surface area contributed by atoms with Crippen LogP contribution in [0.1, 0.15) is 53.4 Å². The molecule has 1 aliphatic heterocycles. The average molecular weight is 298 g/mol. The molecule has 0 aromatic heterocycles. The van der Waals surface area contributed by atoms with Gasteiger partial charge in [-0.15, -0.1) is 0 Å². The van der Waals surface area contributed by atoms with Crippen LogP contribution in [0.25, 0.3) is 0 Å². The van der Waals surface area contributed by atoms with Gasteiger partial charge in [-0.25, -0.2) is 0 Å². The molecular formula is C16H30N2O3. The van der Waals surface area contributed by atoms with E-state index in [1.807, 2.05) is 20.8 Å². The Bertz CT molecular complexity index is 351. The minimum atomic E-state index is -0.391. The van der Waals surface area contributed by atoms with E-state index in [1.54, 1.807) is 12.0 Å². The van der Waals surface area contributed by atoms with Crippen molar-refractivity contribution in [2.75, 3.05) is 13.7 Å². The number of hydrogen-bond donors (Lipinski definition) is 1. The lowest BCUT2D eigenvalue weighted by Gasteiger charge is -2.45. The third-order valence-corrected chi connectivity index (χ3v) is 4.02. The van der Waals surface area contributed by atoms with Gasteiger partial charge in [0.25, 0.3) is 0 Å². The van der Waals surface area contributed by atoms with Crippen molar-refractivity contribution in [1.82, 2.24) is 10.2 Å². The molecule has 3 unspecified atom stereocenters. The highest BCUT2D eigenvalue weighted by molar-refractivity contribution is 5.97. The number of carbonyl (C=O) groups excluding carboxylic acids is 2. The van der Waals surface area contributed by atoms with E-state index in [9.17, 15) is 9.59 Å². The molecule has 1 heterocycles. The number of methoxy groups -OCH3 is 1. The molecule has 0 aliphatic carbocycles. The van der Waals surface area contributed by atoms with Gasteiger partial charge in [0.15, 0.2) is 0 Å². The van der Waals surface area contributed by atoms with Crippen molar-refractivity contribution in [3.05, 3.63) is 0 Å². The summed E-state index contributed by atoms with van der Waals surface area (Å²) < 4.78 is 5.29. The minimum Gasteiger partial charge on any atom is -0.383 e. The highest BCUT2D eigenvalue weighted by Gasteiger charge is 2.44. The van der Waals surface area contributed by atoms with E-state index >= 15 is 0 Å². The van der Waals surface area contributed by atoms with Crippen LogP contribution in [0.3, 0.4) is 0 Å². The Kier molecular flexibility index (Phi) is 7.15. The van der Waals surface area contributed by atoms with E-state index in [4.69, 9.17) is 4.74 Å². The van der Waals surface area contributed by atoms with Crippen molar-refractivity contribution in [3.63, 3.8) is 0 Å². The number of nitrogens with one attached hydrogen (secondary N) is 1. The molecule has 5 heteroatoms. The molecule has 3 atom stereocenters. The van der Waals surface area contributed by atoms with E-state index in [1.165, 1.54) is 0 Å². The average Bonchev–Trinajstić information content (AvgIpc) is 2.41. The van der Waals surface area contributed by atoms with Crippen LogP contribution in [-0.2, 0) is 14.3 Å². The number of nitrogens with zero attached hydrogens (tertiary/aromatic N) is 1. The van der Waals surface area contributed by atoms with E-state index in [-0.39, 0.29) is 29.8 Å². The van der Waals surface area contributed by atoms with Crippen LogP contribution in [0.5, 0.6) is 0 Å². The summed E-state index contributed by atoms with van der Waals surface area (Å²) in [6.07, 6.45) is 3.38. The summed E-state index contributed by atoms with van der Waals surface area (Å²) in [6.45, 7) is 8.57. The van der Waals surface area contributed by atoms with Crippen LogP contribution >= 0.6 is 0 Å². The lowest BCUT2D eigenvalue weighted by molar-refractivity contribution is -0.156. The normalized spacial score (nSPS) is 24.4. The lowest BCUT2D eigenvalue weighted by Crippen LogP contribution is -2.67. The zero-order valence-corrected chi connectivity index (χ0v) is 14.0. The fourth-order valence-electron chi connectivity index (χ4n) is 3.11. The zero-order chi connectivity index (χ0) is 16.0. The fraction of sp³-hybridized carbons (Fsp3) is 0.875. The number of rotatable bonds is 8. The SMILES string of the molecule is CCCC1NC(=O)C(C(C)C)N(C(CCC)COC)C1=O. The Labute approximate surface area is 128 Å². The van der Waals surface area contributed by atoms with E-state index in [0.717, 1.165) is 19.3 Å². The molecule has 1 rings (SSSR count). The van der Waals surface area contributed by atoms with Crippen molar-refractivity contribution in [3.8, 4) is 0 Å². The van der Waals surface area contributed by atoms with Gasteiger partial charge < -0.3 is 15.0 Å². The van der Waals surface area contributed by atoms with Gasteiger partial charge in [-0.05, 0) is 18.8 Å². The summed E-state index contributed by atoms with van der Waals surface area (Å²) in [5.74, 6) is 0.110. The van der Waals surface area contributed by atoms with Crippen molar-refractivity contribution in [2.45, 2.75) is 71.5 Å². The van der Waals surface area contributed by atoms with Gasteiger partial charge in [-0.2, -0.15) is 0 Å². The molecule has 0 bridgehead atoms. The van der Waals surface area contributed by atoms with Crippen molar-refractivity contribution < 1.29 is 14.3 Å². The first-order chi connectivity index (χ1) is 9.97. The predicted molar refractivity (Wildman–Crippen MR) is 82.9 cm³/mol. The first-order valence-electron chi connectivity index (χ1n) is 8.09. The van der Waals surface area contributed by atoms with Gasteiger partial charge in [0.1, 0.15) is 12.1 Å². The number of amides is 2. The third-order valence-electron chi connectivity index (χ3n) is 4.02. The van der Waals surface area contributed by atoms with Crippen LogP contribution in [0.15, 0.2) is 0 Å². The molecule has 0 spiro atoms. The summed E-state index contributed by atoms with van der Waals surface area (Å²) in [4.78, 5) is 27.1. The van der Waals surface area contributed by atoms with Crippen molar-refractivity contribution in [2.24, 2.45) is 5.92 Å². The first kappa shape index (κ1) is 18.0. The van der Waals surface area contributed by atoms with Crippen LogP contribution in [0.2, 0.25) is 0 Å². The van der Waals surface area contributed by atoms with Crippen LogP contribution in [0, 0.1) is 5.92 Å². The molecule has 1 N–H and O–H groups in total. The number of carbonyl (C=O) groups is 2. The molecule has 0 aromatic rings. The molecule has 5 nitrogen and oxygen atoms in total. The monoisotopic (exact) mass is 298 g/mol. The number of hydrogen-bond acceptors (Lipinski definition) is 3. The highest BCUT2D eigenvalue weighted by atomic mass is 16.5. The summed E-state index contributed by atoms with van der Waals surface area (Å²) in [7, 11) is 1.64. The number of ether oxygens (including phenoxy) is 1. The Morgan fingerprint density at radius 2 is 1.90 bits per heavy atom. The van der Waals surface area contributed by atoms with Gasteiger partial charge in [0.2, 0.25) is 11.8 Å². The summed E-state index contributed by atoms with van der Waals surface area (Å²) >= 11 is 0. The summed E-state index contributed by atoms with van der Waals surface area (Å²) in [5, 5.41) is 2.90. The van der Waals surface area contributed by atoms with Crippen LogP contribution < -0.4 is 5.32 Å². The topological polar surface area (TPSA) is 58.6 Å². The largest absolute Gasteiger partial charge is 0.383 e. The second kappa shape index (κ2) is 8.37. The molecule has 0 saturated carbocycles. The Balaban J connectivity index is 3.08. The maximum Gasteiger partial charge on any atom is 0.246 e. The molecule has 2 amide bonds. The first-order valence-corrected chi connectivity index (χ1v) is 8.09. The summed E-state index contributed by atoms with van der Waals surface area (Å²) in [5.41, 5.74) is 0. The second-order valence-corrected chi connectivity index (χ2v) is 6.18. The molecule has 122 valence electrons. The fourth-order valence-corrected chi connectivity index (χ4v) is 3.11. The van der Waals surface area contributed by atoms with Crippen molar-refractivity contribution >= 4 is 11.8 Å². The molecule has 1 aliphatic rings. The maximum atomic E-state index is 12.8. The smallest absolute Gasteiger partial charge is 0.246 e. The maximum absolute atomic E-state index is 12.8. The Hall–Kier alpha value is -1.10. The Morgan fingerprint density at radius 1 is 1.24 bits per heavy atom. The predicted octanol–water partition coefficient (Wildman–Crippen LogP) is 1.95. The second-order valence-electron chi connectivity index (χ2n) is 6.18. The van der Waals surface area contributed by atoms with E-state index < -0.39 is 6.04 Å².